The average Bonchev–Trinajstić information content (AvgIpc) is 2.76. The Morgan fingerprint density at radius 2 is 2.04 bits per heavy atom. The van der Waals surface area contributed by atoms with Gasteiger partial charge in [-0.1, -0.05) is 32.1 Å². The summed E-state index contributed by atoms with van der Waals surface area (Å²) in [7, 11) is 0. The van der Waals surface area contributed by atoms with Crippen molar-refractivity contribution in [3.05, 3.63) is 59.6 Å². The van der Waals surface area contributed by atoms with Gasteiger partial charge in [-0.05, 0) is 43.9 Å². The number of hydrogen-bond donors (Lipinski definition) is 1. The molecule has 0 saturated carbocycles. The van der Waals surface area contributed by atoms with Gasteiger partial charge in [-0.2, -0.15) is 0 Å². The largest absolute Gasteiger partial charge is 0.386 e. The van der Waals surface area contributed by atoms with Gasteiger partial charge in [0.1, 0.15) is 11.5 Å². The Balaban J connectivity index is 2.22. The third-order valence-corrected chi connectivity index (χ3v) is 4.90. The van der Waals surface area contributed by atoms with E-state index in [1.54, 1.807) is 23.1 Å². The van der Waals surface area contributed by atoms with E-state index in [9.17, 15) is 9.18 Å². The minimum absolute atomic E-state index is 0.0859. The van der Waals surface area contributed by atoms with Gasteiger partial charge in [-0.3, -0.25) is 9.79 Å². The number of amides is 1. The Hall–Kier alpha value is -2.43. The highest BCUT2D eigenvalue weighted by Gasteiger charge is 2.45. The Morgan fingerprint density at radius 3 is 2.63 bits per heavy atom. The van der Waals surface area contributed by atoms with E-state index in [0.29, 0.717) is 24.7 Å². The van der Waals surface area contributed by atoms with E-state index >= 15 is 0 Å². The van der Waals surface area contributed by atoms with Crippen LogP contribution in [0, 0.1) is 11.7 Å². The molecule has 1 fully saturated rings. The van der Waals surface area contributed by atoms with Crippen LogP contribution in [0.2, 0.25) is 0 Å². The number of aliphatic imine (C=N–C) groups is 1. The molecule has 1 atom stereocenters. The minimum atomic E-state index is -0.382. The highest BCUT2D eigenvalue weighted by Crippen LogP contribution is 2.40. The highest BCUT2D eigenvalue weighted by molar-refractivity contribution is 6.48. The SMILES string of the molecule is C=CCN1C(=O)C2=NC(C)(C)CNC(CC(C)C)=C2C1c1ccc(F)cc1. The molecule has 0 radical (unpaired) electrons. The van der Waals surface area contributed by atoms with E-state index in [0.717, 1.165) is 23.3 Å². The number of nitrogens with one attached hydrogen (secondary N) is 1. The van der Waals surface area contributed by atoms with E-state index < -0.39 is 0 Å². The molecular weight excluding hydrogens is 341 g/mol. The van der Waals surface area contributed by atoms with Gasteiger partial charge in [0.15, 0.2) is 0 Å². The van der Waals surface area contributed by atoms with Gasteiger partial charge in [0, 0.05) is 24.4 Å². The molecule has 1 saturated heterocycles. The topological polar surface area (TPSA) is 44.7 Å². The Labute approximate surface area is 160 Å². The number of fused-ring (bicyclic) bond motifs is 1. The molecule has 0 aliphatic carbocycles. The van der Waals surface area contributed by atoms with Gasteiger partial charge in [-0.15, -0.1) is 6.58 Å². The van der Waals surface area contributed by atoms with Crippen LogP contribution < -0.4 is 5.32 Å². The van der Waals surface area contributed by atoms with Crippen molar-refractivity contribution in [1.29, 1.82) is 0 Å². The number of likely N-dealkylation sites (tertiary alicyclic amines) is 1. The molecule has 2 aliphatic heterocycles. The van der Waals surface area contributed by atoms with E-state index in [2.05, 4.69) is 25.7 Å². The average molecular weight is 369 g/mol. The normalized spacial score (nSPS) is 21.7. The Morgan fingerprint density at radius 1 is 1.37 bits per heavy atom. The summed E-state index contributed by atoms with van der Waals surface area (Å²) >= 11 is 0. The van der Waals surface area contributed by atoms with Crippen LogP contribution in [0.5, 0.6) is 0 Å². The molecule has 1 N–H and O–H groups in total. The van der Waals surface area contributed by atoms with Crippen molar-refractivity contribution >= 4 is 11.6 Å². The number of hydrogen-bond acceptors (Lipinski definition) is 3. The first-order valence-corrected chi connectivity index (χ1v) is 9.48. The highest BCUT2D eigenvalue weighted by atomic mass is 19.1. The van der Waals surface area contributed by atoms with E-state index in [1.807, 2.05) is 13.8 Å². The number of rotatable bonds is 5. The lowest BCUT2D eigenvalue weighted by Gasteiger charge is -2.27. The second-order valence-corrected chi connectivity index (χ2v) is 8.32. The number of carbonyl (C=O) groups excluding carboxylic acids is 1. The molecule has 2 aliphatic rings. The third-order valence-electron chi connectivity index (χ3n) is 4.90. The molecule has 4 nitrogen and oxygen atoms in total. The predicted molar refractivity (Wildman–Crippen MR) is 107 cm³/mol. The number of allylic oxidation sites excluding steroid dienone is 1. The lowest BCUT2D eigenvalue weighted by molar-refractivity contribution is -0.123. The van der Waals surface area contributed by atoms with Crippen LogP contribution in [-0.2, 0) is 4.79 Å². The monoisotopic (exact) mass is 369 g/mol. The summed E-state index contributed by atoms with van der Waals surface area (Å²) in [5, 5.41) is 3.56. The Kier molecular flexibility index (Phi) is 5.22. The van der Waals surface area contributed by atoms with Crippen molar-refractivity contribution in [2.45, 2.75) is 45.7 Å². The molecule has 3 rings (SSSR count). The van der Waals surface area contributed by atoms with Crippen LogP contribution in [0.25, 0.3) is 0 Å². The van der Waals surface area contributed by atoms with Gasteiger partial charge < -0.3 is 10.2 Å². The van der Waals surface area contributed by atoms with Crippen LogP contribution >= 0.6 is 0 Å². The maximum absolute atomic E-state index is 13.5. The number of nitrogens with zero attached hydrogens (tertiary/aromatic N) is 2. The molecule has 27 heavy (non-hydrogen) atoms. The third kappa shape index (κ3) is 3.82. The molecule has 0 bridgehead atoms. The smallest absolute Gasteiger partial charge is 0.273 e. The van der Waals surface area contributed by atoms with Gasteiger partial charge in [0.2, 0.25) is 0 Å². The van der Waals surface area contributed by atoms with Crippen molar-refractivity contribution in [2.24, 2.45) is 10.9 Å². The van der Waals surface area contributed by atoms with Crippen LogP contribution in [0.4, 0.5) is 4.39 Å². The number of benzene rings is 1. The van der Waals surface area contributed by atoms with Gasteiger partial charge in [0.25, 0.3) is 5.91 Å². The summed E-state index contributed by atoms with van der Waals surface area (Å²) in [6.07, 6.45) is 2.55. The van der Waals surface area contributed by atoms with Crippen molar-refractivity contribution in [2.75, 3.05) is 13.1 Å². The Bertz CT molecular complexity index is 805. The first kappa shape index (κ1) is 19.3. The van der Waals surface area contributed by atoms with Crippen molar-refractivity contribution < 1.29 is 9.18 Å². The first-order valence-electron chi connectivity index (χ1n) is 9.48. The zero-order chi connectivity index (χ0) is 19.8. The summed E-state index contributed by atoms with van der Waals surface area (Å²) in [5.41, 5.74) is 3.01. The zero-order valence-corrected chi connectivity index (χ0v) is 16.6. The molecule has 0 aromatic heterocycles. The van der Waals surface area contributed by atoms with Crippen LogP contribution in [0.15, 0.2) is 53.2 Å². The maximum Gasteiger partial charge on any atom is 0.273 e. The fourth-order valence-electron chi connectivity index (χ4n) is 3.74. The molecule has 2 heterocycles. The second kappa shape index (κ2) is 7.29. The molecule has 1 aromatic rings. The summed E-state index contributed by atoms with van der Waals surface area (Å²) < 4.78 is 13.5. The van der Waals surface area contributed by atoms with Crippen LogP contribution in [0.3, 0.4) is 0 Å². The molecule has 1 aromatic carbocycles. The minimum Gasteiger partial charge on any atom is -0.386 e. The number of halogens is 1. The van der Waals surface area contributed by atoms with Crippen LogP contribution in [-0.4, -0.2) is 35.1 Å². The van der Waals surface area contributed by atoms with E-state index in [-0.39, 0.29) is 23.3 Å². The molecule has 5 heteroatoms. The molecule has 144 valence electrons. The quantitative estimate of drug-likeness (QED) is 0.797. The lowest BCUT2D eigenvalue weighted by atomic mass is 9.93. The zero-order valence-electron chi connectivity index (χ0n) is 16.6. The number of carbonyl (C=O) groups is 1. The van der Waals surface area contributed by atoms with Crippen molar-refractivity contribution in [3.63, 3.8) is 0 Å². The summed E-state index contributed by atoms with van der Waals surface area (Å²) in [6.45, 7) is 13.3. The first-order chi connectivity index (χ1) is 12.7. The van der Waals surface area contributed by atoms with Gasteiger partial charge >= 0.3 is 0 Å². The summed E-state index contributed by atoms with van der Waals surface area (Å²) in [4.78, 5) is 19.9. The maximum atomic E-state index is 13.5. The fraction of sp³-hybridized carbons (Fsp3) is 0.455. The molecule has 0 spiro atoms. The summed E-state index contributed by atoms with van der Waals surface area (Å²) in [6, 6.07) is 6.10. The van der Waals surface area contributed by atoms with Gasteiger partial charge in [0.05, 0.1) is 11.6 Å². The van der Waals surface area contributed by atoms with Gasteiger partial charge in [-0.25, -0.2) is 4.39 Å². The second-order valence-electron chi connectivity index (χ2n) is 8.32. The lowest BCUT2D eigenvalue weighted by Crippen LogP contribution is -2.35. The van der Waals surface area contributed by atoms with Crippen molar-refractivity contribution in [1.82, 2.24) is 10.2 Å². The van der Waals surface area contributed by atoms with Crippen LogP contribution in [0.1, 0.15) is 45.7 Å². The summed E-state index contributed by atoms with van der Waals surface area (Å²) in [5.74, 6) is 0.0564. The van der Waals surface area contributed by atoms with E-state index in [1.165, 1.54) is 12.1 Å². The predicted octanol–water partition coefficient (Wildman–Crippen LogP) is 4.02. The molecule has 1 amide bonds. The molecular formula is C22H28FN3O. The molecule has 1 unspecified atom stereocenters. The fourth-order valence-corrected chi connectivity index (χ4v) is 3.74. The standard InChI is InChI=1S/C22H28FN3O/c1-6-11-26-20(15-7-9-16(23)10-8-15)18-17(12-14(2)3)24-13-22(4,5)25-19(18)21(26)27/h6-10,14,20,24H,1,11-13H2,2-5H3. The van der Waals surface area contributed by atoms with Crippen molar-refractivity contribution in [3.8, 4) is 0 Å². The van der Waals surface area contributed by atoms with E-state index in [4.69, 9.17) is 4.99 Å².